The Morgan fingerprint density at radius 1 is 1.47 bits per heavy atom. The minimum absolute atomic E-state index is 0.0634. The quantitative estimate of drug-likeness (QED) is 0.745. The first-order valence-electron chi connectivity index (χ1n) is 5.36. The van der Waals surface area contributed by atoms with Gasteiger partial charge in [0.15, 0.2) is 0 Å². The fourth-order valence-electron chi connectivity index (χ4n) is 1.68. The molecule has 2 rings (SSSR count). The van der Waals surface area contributed by atoms with Gasteiger partial charge in [0, 0.05) is 12.2 Å². The Kier molecular flexibility index (Phi) is 2.95. The highest BCUT2D eigenvalue weighted by atomic mass is 16.4. The lowest BCUT2D eigenvalue weighted by molar-refractivity contribution is -0.136. The van der Waals surface area contributed by atoms with Gasteiger partial charge in [-0.3, -0.25) is 4.79 Å². The van der Waals surface area contributed by atoms with Crippen LogP contribution in [-0.4, -0.2) is 32.6 Å². The molecular weight excluding hydrogens is 220 g/mol. The van der Waals surface area contributed by atoms with Crippen LogP contribution in [0.5, 0.6) is 0 Å². The van der Waals surface area contributed by atoms with Gasteiger partial charge in [-0.2, -0.15) is 0 Å². The van der Waals surface area contributed by atoms with Gasteiger partial charge in [0.25, 0.3) is 0 Å². The van der Waals surface area contributed by atoms with Crippen LogP contribution in [0.2, 0.25) is 0 Å². The minimum Gasteiger partial charge on any atom is -0.481 e. The van der Waals surface area contributed by atoms with E-state index >= 15 is 0 Å². The maximum absolute atomic E-state index is 10.4. The van der Waals surface area contributed by atoms with Gasteiger partial charge in [-0.15, -0.1) is 0 Å². The number of nitrogens with zero attached hydrogens (tertiary/aromatic N) is 2. The molecule has 0 bridgehead atoms. The van der Waals surface area contributed by atoms with Gasteiger partial charge in [-0.05, 0) is 19.9 Å². The molecule has 17 heavy (non-hydrogen) atoms. The molecule has 0 saturated heterocycles. The zero-order chi connectivity index (χ0) is 12.4. The molecule has 0 aromatic carbocycles. The van der Waals surface area contributed by atoms with E-state index in [4.69, 9.17) is 5.11 Å². The van der Waals surface area contributed by atoms with Crippen LogP contribution in [0.25, 0.3) is 11.0 Å². The Bertz CT molecular complexity index is 562. The van der Waals surface area contributed by atoms with Crippen LogP contribution in [0.4, 0.5) is 5.82 Å². The molecule has 0 fully saturated rings. The third-order valence-electron chi connectivity index (χ3n) is 2.37. The Labute approximate surface area is 98.1 Å². The zero-order valence-corrected chi connectivity index (χ0v) is 9.74. The molecule has 0 atom stereocenters. The molecule has 3 N–H and O–H groups in total. The molecule has 0 amide bonds. The van der Waals surface area contributed by atoms with Crippen LogP contribution in [0.15, 0.2) is 6.07 Å². The summed E-state index contributed by atoms with van der Waals surface area (Å²) in [6.07, 6.45) is 0.0634. The van der Waals surface area contributed by atoms with Crippen molar-refractivity contribution in [2.24, 2.45) is 0 Å². The predicted molar refractivity (Wildman–Crippen MR) is 64.1 cm³/mol. The normalized spacial score (nSPS) is 10.7. The van der Waals surface area contributed by atoms with Gasteiger partial charge in [0.1, 0.15) is 17.3 Å². The van der Waals surface area contributed by atoms with Gasteiger partial charge in [0.2, 0.25) is 0 Å². The summed E-state index contributed by atoms with van der Waals surface area (Å²) in [4.78, 5) is 22.1. The number of carbonyl (C=O) groups is 1. The number of rotatable bonds is 4. The molecule has 0 unspecified atom stereocenters. The van der Waals surface area contributed by atoms with Crippen molar-refractivity contribution in [2.45, 2.75) is 20.3 Å². The molecule has 6 heteroatoms. The van der Waals surface area contributed by atoms with Gasteiger partial charge >= 0.3 is 5.97 Å². The maximum Gasteiger partial charge on any atom is 0.305 e. The Balaban J connectivity index is 2.28. The molecule has 0 saturated carbocycles. The summed E-state index contributed by atoms with van der Waals surface area (Å²) >= 11 is 0. The summed E-state index contributed by atoms with van der Waals surface area (Å²) in [5.41, 5.74) is 1.77. The number of hydrogen-bond donors (Lipinski definition) is 3. The number of aliphatic carboxylic acids is 1. The van der Waals surface area contributed by atoms with E-state index in [0.717, 1.165) is 16.7 Å². The smallest absolute Gasteiger partial charge is 0.305 e. The van der Waals surface area contributed by atoms with E-state index in [1.165, 1.54) is 0 Å². The van der Waals surface area contributed by atoms with E-state index < -0.39 is 5.97 Å². The van der Waals surface area contributed by atoms with E-state index in [9.17, 15) is 4.79 Å². The summed E-state index contributed by atoms with van der Waals surface area (Å²) < 4.78 is 0. The molecule has 0 aliphatic heterocycles. The summed E-state index contributed by atoms with van der Waals surface area (Å²) in [7, 11) is 0. The van der Waals surface area contributed by atoms with Gasteiger partial charge in [0.05, 0.1) is 11.8 Å². The number of fused-ring (bicyclic) bond motifs is 1. The molecule has 90 valence electrons. The van der Waals surface area contributed by atoms with Crippen LogP contribution in [0.3, 0.4) is 0 Å². The number of carboxylic acid groups (broad SMARTS) is 1. The lowest BCUT2D eigenvalue weighted by Gasteiger charge is -2.05. The van der Waals surface area contributed by atoms with Crippen LogP contribution >= 0.6 is 0 Å². The third-order valence-corrected chi connectivity index (χ3v) is 2.37. The van der Waals surface area contributed by atoms with Crippen LogP contribution in [-0.2, 0) is 4.79 Å². The number of anilines is 1. The molecule has 6 nitrogen and oxygen atoms in total. The van der Waals surface area contributed by atoms with Crippen molar-refractivity contribution in [1.29, 1.82) is 0 Å². The van der Waals surface area contributed by atoms with Crippen molar-refractivity contribution in [3.8, 4) is 0 Å². The molecule has 0 radical (unpaired) electrons. The fourth-order valence-corrected chi connectivity index (χ4v) is 1.68. The lowest BCUT2D eigenvalue weighted by atomic mass is 10.3. The first-order chi connectivity index (χ1) is 8.06. The molecule has 2 aromatic heterocycles. The molecule has 2 aromatic rings. The monoisotopic (exact) mass is 234 g/mol. The summed E-state index contributed by atoms with van der Waals surface area (Å²) in [5.74, 6) is 0.500. The standard InChI is InChI=1S/C11H14N4O2/c1-6-5-8-10(12-4-3-9(16)17)14-7(2)15-11(8)13-6/h5H,3-4H2,1-2H3,(H,16,17)(H2,12,13,14,15). The maximum atomic E-state index is 10.4. The number of carboxylic acids is 1. The topological polar surface area (TPSA) is 90.9 Å². The first-order valence-corrected chi connectivity index (χ1v) is 5.36. The van der Waals surface area contributed by atoms with Crippen LogP contribution in [0.1, 0.15) is 17.9 Å². The number of aryl methyl sites for hydroxylation is 2. The summed E-state index contributed by atoms with van der Waals surface area (Å²) in [5, 5.41) is 12.5. The van der Waals surface area contributed by atoms with Crippen molar-refractivity contribution in [3.05, 3.63) is 17.6 Å². The molecule has 0 aliphatic carbocycles. The van der Waals surface area contributed by atoms with Crippen LogP contribution in [0, 0.1) is 13.8 Å². The molecule has 0 aliphatic rings. The average Bonchev–Trinajstić information content (AvgIpc) is 2.57. The number of H-pyrrole nitrogens is 1. The summed E-state index contributed by atoms with van der Waals surface area (Å²) in [6.45, 7) is 4.10. The first kappa shape index (κ1) is 11.4. The minimum atomic E-state index is -0.829. The van der Waals surface area contributed by atoms with Crippen molar-refractivity contribution in [2.75, 3.05) is 11.9 Å². The number of hydrogen-bond acceptors (Lipinski definition) is 4. The van der Waals surface area contributed by atoms with E-state index in [1.54, 1.807) is 6.92 Å². The highest BCUT2D eigenvalue weighted by Gasteiger charge is 2.08. The van der Waals surface area contributed by atoms with E-state index in [1.807, 2.05) is 13.0 Å². The zero-order valence-electron chi connectivity index (χ0n) is 9.74. The molecular formula is C11H14N4O2. The van der Waals surface area contributed by atoms with Gasteiger partial charge in [-0.25, -0.2) is 9.97 Å². The lowest BCUT2D eigenvalue weighted by Crippen LogP contribution is -2.09. The average molecular weight is 234 g/mol. The molecule has 2 heterocycles. The van der Waals surface area contributed by atoms with Crippen molar-refractivity contribution < 1.29 is 9.90 Å². The van der Waals surface area contributed by atoms with Crippen molar-refractivity contribution in [3.63, 3.8) is 0 Å². The SMILES string of the molecule is Cc1nc(NCCC(=O)O)c2cc(C)[nH]c2n1. The van der Waals surface area contributed by atoms with Crippen molar-refractivity contribution >= 4 is 22.8 Å². The number of nitrogens with one attached hydrogen (secondary N) is 2. The largest absolute Gasteiger partial charge is 0.481 e. The highest BCUT2D eigenvalue weighted by Crippen LogP contribution is 2.20. The Hall–Kier alpha value is -2.11. The number of aromatic nitrogens is 3. The molecule has 0 spiro atoms. The summed E-state index contributed by atoms with van der Waals surface area (Å²) in [6, 6.07) is 1.94. The van der Waals surface area contributed by atoms with E-state index in [0.29, 0.717) is 18.2 Å². The van der Waals surface area contributed by atoms with Crippen molar-refractivity contribution in [1.82, 2.24) is 15.0 Å². The second-order valence-corrected chi connectivity index (χ2v) is 3.90. The number of aromatic amines is 1. The third kappa shape index (κ3) is 2.52. The highest BCUT2D eigenvalue weighted by molar-refractivity contribution is 5.88. The predicted octanol–water partition coefficient (Wildman–Crippen LogP) is 1.46. The van der Waals surface area contributed by atoms with E-state index in [-0.39, 0.29) is 6.42 Å². The second kappa shape index (κ2) is 4.40. The fraction of sp³-hybridized carbons (Fsp3) is 0.364. The van der Waals surface area contributed by atoms with Gasteiger partial charge < -0.3 is 15.4 Å². The van der Waals surface area contributed by atoms with Gasteiger partial charge in [-0.1, -0.05) is 0 Å². The Morgan fingerprint density at radius 3 is 2.94 bits per heavy atom. The Morgan fingerprint density at radius 2 is 2.24 bits per heavy atom. The second-order valence-electron chi connectivity index (χ2n) is 3.90. The van der Waals surface area contributed by atoms with E-state index in [2.05, 4.69) is 20.3 Å². The van der Waals surface area contributed by atoms with Crippen LogP contribution < -0.4 is 5.32 Å².